The van der Waals surface area contributed by atoms with Gasteiger partial charge in [-0.15, -0.1) is 0 Å². The van der Waals surface area contributed by atoms with E-state index in [-0.39, 0.29) is 6.79 Å². The molecule has 1 aliphatic heterocycles. The quantitative estimate of drug-likeness (QED) is 0.873. The van der Waals surface area contributed by atoms with E-state index in [2.05, 4.69) is 0 Å². The average Bonchev–Trinajstić information content (AvgIpc) is 2.73. The van der Waals surface area contributed by atoms with Crippen LogP contribution < -0.4 is 9.47 Å². The van der Waals surface area contributed by atoms with E-state index in [1.807, 2.05) is 13.8 Å². The molecule has 0 fully saturated rings. The average molecular weight is 236 g/mol. The van der Waals surface area contributed by atoms with Gasteiger partial charge in [-0.05, 0) is 18.4 Å². The molecule has 0 saturated carbocycles. The van der Waals surface area contributed by atoms with Gasteiger partial charge < -0.3 is 14.6 Å². The number of carboxylic acids is 1. The number of rotatable bonds is 4. The lowest BCUT2D eigenvalue weighted by molar-refractivity contribution is -0.139. The number of benzene rings is 1. The van der Waals surface area contributed by atoms with Gasteiger partial charge in [0.25, 0.3) is 0 Å². The highest BCUT2D eigenvalue weighted by molar-refractivity contribution is 5.78. The Kier molecular flexibility index (Phi) is 3.22. The third-order valence-corrected chi connectivity index (χ3v) is 2.81. The second kappa shape index (κ2) is 4.65. The predicted molar refractivity (Wildman–Crippen MR) is 62.4 cm³/mol. The first-order chi connectivity index (χ1) is 8.09. The summed E-state index contributed by atoms with van der Waals surface area (Å²) < 4.78 is 10.6. The molecule has 0 radical (unpaired) electrons. The minimum absolute atomic E-state index is 0.167. The number of hydrogen-bond donors (Lipinski definition) is 1. The zero-order valence-corrected chi connectivity index (χ0v) is 9.97. The Labute approximate surface area is 100 Å². The second-order valence-corrected chi connectivity index (χ2v) is 4.60. The fourth-order valence-electron chi connectivity index (χ4n) is 2.06. The van der Waals surface area contributed by atoms with Gasteiger partial charge >= 0.3 is 5.97 Å². The van der Waals surface area contributed by atoms with E-state index in [0.717, 1.165) is 0 Å². The summed E-state index contributed by atoms with van der Waals surface area (Å²) in [7, 11) is 0. The number of hydrogen-bond acceptors (Lipinski definition) is 3. The first-order valence-electron chi connectivity index (χ1n) is 5.71. The van der Waals surface area contributed by atoms with E-state index in [9.17, 15) is 9.90 Å². The van der Waals surface area contributed by atoms with Crippen LogP contribution >= 0.6 is 0 Å². The number of fused-ring (bicyclic) bond motifs is 1. The van der Waals surface area contributed by atoms with Crippen molar-refractivity contribution >= 4 is 5.97 Å². The molecule has 0 aliphatic carbocycles. The molecule has 2 rings (SSSR count). The van der Waals surface area contributed by atoms with Crippen LogP contribution in [0.15, 0.2) is 18.2 Å². The lowest BCUT2D eigenvalue weighted by Gasteiger charge is -2.16. The van der Waals surface area contributed by atoms with Crippen LogP contribution in [-0.4, -0.2) is 17.9 Å². The van der Waals surface area contributed by atoms with Crippen molar-refractivity contribution in [2.75, 3.05) is 6.79 Å². The summed E-state index contributed by atoms with van der Waals surface area (Å²) in [5, 5.41) is 9.31. The maximum absolute atomic E-state index is 11.3. The highest BCUT2D eigenvalue weighted by atomic mass is 16.7. The lowest BCUT2D eigenvalue weighted by Crippen LogP contribution is -2.14. The van der Waals surface area contributed by atoms with Gasteiger partial charge in [-0.3, -0.25) is 4.79 Å². The van der Waals surface area contributed by atoms with Crippen LogP contribution in [0, 0.1) is 5.92 Å². The summed E-state index contributed by atoms with van der Waals surface area (Å²) >= 11 is 0. The highest BCUT2D eigenvalue weighted by Gasteiger charge is 2.28. The molecular formula is C13H16O4. The minimum Gasteiger partial charge on any atom is -0.481 e. The van der Waals surface area contributed by atoms with Crippen molar-refractivity contribution in [3.05, 3.63) is 23.8 Å². The Morgan fingerprint density at radius 2 is 2.18 bits per heavy atom. The van der Waals surface area contributed by atoms with Crippen LogP contribution in [0.25, 0.3) is 0 Å². The van der Waals surface area contributed by atoms with Crippen LogP contribution in [0.5, 0.6) is 11.5 Å². The van der Waals surface area contributed by atoms with E-state index in [1.54, 1.807) is 18.2 Å². The first kappa shape index (κ1) is 11.8. The first-order valence-corrected chi connectivity index (χ1v) is 5.71. The molecule has 1 aromatic carbocycles. The second-order valence-electron chi connectivity index (χ2n) is 4.60. The minimum atomic E-state index is -0.817. The lowest BCUT2D eigenvalue weighted by atomic mass is 9.89. The molecule has 1 atom stereocenters. The smallest absolute Gasteiger partial charge is 0.311 e. The van der Waals surface area contributed by atoms with Crippen molar-refractivity contribution in [1.29, 1.82) is 0 Å². The van der Waals surface area contributed by atoms with Crippen molar-refractivity contribution in [2.24, 2.45) is 5.92 Å². The summed E-state index contributed by atoms with van der Waals surface area (Å²) in [6, 6.07) is 5.40. The van der Waals surface area contributed by atoms with Gasteiger partial charge in [0.1, 0.15) is 0 Å². The molecule has 4 heteroatoms. The van der Waals surface area contributed by atoms with Crippen molar-refractivity contribution in [3.63, 3.8) is 0 Å². The molecule has 0 saturated heterocycles. The molecule has 4 nitrogen and oxygen atoms in total. The van der Waals surface area contributed by atoms with Crippen molar-refractivity contribution in [2.45, 2.75) is 26.2 Å². The molecule has 0 aromatic heterocycles. The van der Waals surface area contributed by atoms with Gasteiger partial charge in [0.2, 0.25) is 6.79 Å². The molecule has 92 valence electrons. The summed E-state index contributed by atoms with van der Waals surface area (Å²) in [6.07, 6.45) is 0.592. The largest absolute Gasteiger partial charge is 0.481 e. The molecule has 1 unspecified atom stereocenters. The summed E-state index contributed by atoms with van der Waals surface area (Å²) in [5.41, 5.74) is 0.709. The van der Waals surface area contributed by atoms with Gasteiger partial charge in [0.15, 0.2) is 11.5 Å². The van der Waals surface area contributed by atoms with Gasteiger partial charge in [-0.25, -0.2) is 0 Å². The molecule has 1 aliphatic rings. The van der Waals surface area contributed by atoms with E-state index in [1.165, 1.54) is 0 Å². The fourth-order valence-corrected chi connectivity index (χ4v) is 2.06. The summed E-state index contributed by atoms with van der Waals surface area (Å²) in [4.78, 5) is 11.3. The third kappa shape index (κ3) is 2.35. The maximum Gasteiger partial charge on any atom is 0.311 e. The zero-order valence-electron chi connectivity index (χ0n) is 9.97. The molecule has 1 N–H and O–H groups in total. The van der Waals surface area contributed by atoms with Crippen LogP contribution in [0.3, 0.4) is 0 Å². The van der Waals surface area contributed by atoms with Crippen LogP contribution in [0.4, 0.5) is 0 Å². The number of para-hydroxylation sites is 1. The van der Waals surface area contributed by atoms with E-state index in [0.29, 0.717) is 29.4 Å². The Bertz CT molecular complexity index is 425. The number of carboxylic acid groups (broad SMARTS) is 1. The van der Waals surface area contributed by atoms with Crippen LogP contribution in [0.1, 0.15) is 31.7 Å². The normalized spacial score (nSPS) is 15.0. The Morgan fingerprint density at radius 3 is 2.82 bits per heavy atom. The molecule has 1 heterocycles. The van der Waals surface area contributed by atoms with Crippen molar-refractivity contribution in [3.8, 4) is 11.5 Å². The summed E-state index contributed by atoms with van der Waals surface area (Å²) in [6.45, 7) is 4.19. The highest BCUT2D eigenvalue weighted by Crippen LogP contribution is 2.40. The Balaban J connectivity index is 2.36. The Hall–Kier alpha value is -1.71. The van der Waals surface area contributed by atoms with E-state index < -0.39 is 11.9 Å². The Morgan fingerprint density at radius 1 is 1.41 bits per heavy atom. The van der Waals surface area contributed by atoms with Crippen LogP contribution in [0.2, 0.25) is 0 Å². The van der Waals surface area contributed by atoms with Crippen molar-refractivity contribution in [1.82, 2.24) is 0 Å². The molecule has 0 spiro atoms. The van der Waals surface area contributed by atoms with Gasteiger partial charge in [-0.1, -0.05) is 26.0 Å². The number of ether oxygens (including phenoxy) is 2. The molecule has 0 amide bonds. The fraction of sp³-hybridized carbons (Fsp3) is 0.462. The van der Waals surface area contributed by atoms with Gasteiger partial charge in [0.05, 0.1) is 5.92 Å². The molecule has 1 aromatic rings. The topological polar surface area (TPSA) is 55.8 Å². The third-order valence-electron chi connectivity index (χ3n) is 2.81. The zero-order chi connectivity index (χ0) is 12.4. The SMILES string of the molecule is CC(C)CC(C(=O)O)c1cccc2c1OCO2. The van der Waals surface area contributed by atoms with E-state index in [4.69, 9.17) is 9.47 Å². The number of aliphatic carboxylic acids is 1. The number of carbonyl (C=O) groups is 1. The van der Waals surface area contributed by atoms with Gasteiger partial charge in [-0.2, -0.15) is 0 Å². The van der Waals surface area contributed by atoms with Crippen LogP contribution in [-0.2, 0) is 4.79 Å². The van der Waals surface area contributed by atoms with Gasteiger partial charge in [0, 0.05) is 5.56 Å². The van der Waals surface area contributed by atoms with Crippen molar-refractivity contribution < 1.29 is 19.4 Å². The molecule has 0 bridgehead atoms. The maximum atomic E-state index is 11.3. The molecular weight excluding hydrogens is 220 g/mol. The standard InChI is InChI=1S/C13H16O4/c1-8(2)6-10(13(14)15)9-4-3-5-11-12(9)17-7-16-11/h3-5,8,10H,6-7H2,1-2H3,(H,14,15). The molecule has 17 heavy (non-hydrogen) atoms. The summed E-state index contributed by atoms with van der Waals surface area (Å²) in [5.74, 6) is 0.182. The van der Waals surface area contributed by atoms with E-state index >= 15 is 0 Å². The predicted octanol–water partition coefficient (Wildman–Crippen LogP) is 2.63. The monoisotopic (exact) mass is 236 g/mol.